The number of hydrogen-bond donors (Lipinski definition) is 4. The van der Waals surface area contributed by atoms with Crippen LogP contribution in [-0.4, -0.2) is 61.4 Å². The summed E-state index contributed by atoms with van der Waals surface area (Å²) in [6, 6.07) is 0. The van der Waals surface area contributed by atoms with E-state index in [0.717, 1.165) is 0 Å². The van der Waals surface area contributed by atoms with E-state index in [2.05, 4.69) is 0 Å². The van der Waals surface area contributed by atoms with Crippen molar-refractivity contribution in [3.8, 4) is 0 Å². The molecule has 29 heavy (non-hydrogen) atoms. The van der Waals surface area contributed by atoms with Gasteiger partial charge in [0.2, 0.25) is 0 Å². The number of hydrogen-bond acceptors (Lipinski definition) is 6. The van der Waals surface area contributed by atoms with E-state index in [1.54, 1.807) is 6.92 Å². The number of ketones is 2. The van der Waals surface area contributed by atoms with Crippen molar-refractivity contribution in [2.24, 2.45) is 22.7 Å². The number of aliphatic hydroxyl groups is 3. The lowest BCUT2D eigenvalue weighted by Crippen LogP contribution is -2.70. The first kappa shape index (κ1) is 20.4. The smallest absolute Gasteiger partial charge is 0.375 e. The molecule has 3 saturated carbocycles. The fourth-order valence-corrected chi connectivity index (χ4v) is 6.80. The summed E-state index contributed by atoms with van der Waals surface area (Å²) in [5.41, 5.74) is -6.96. The first-order chi connectivity index (χ1) is 13.3. The molecule has 158 valence electrons. The minimum Gasteiger partial charge on any atom is -0.475 e. The van der Waals surface area contributed by atoms with E-state index in [1.165, 1.54) is 25.2 Å². The monoisotopic (exact) mass is 408 g/mol. The van der Waals surface area contributed by atoms with Gasteiger partial charge < -0.3 is 20.4 Å². The number of carbonyl (C=O) groups excluding carboxylic acids is 2. The standard InChI is InChI=1S/C21H25FO7/c1-18-6-5-11(23)7-10(18)3-4-12-13-8-14(24)21(29,16(26)17(27)28)19(13,2)9-15(25)20(12,18)22/h5-7,12-15,24-25,29H,3-4,8-9H2,1-2H3,(H,27,28)/t12-,13-,14+,15-,18-,19-,20?,21-/m0/s1. The molecule has 0 saturated heterocycles. The lowest BCUT2D eigenvalue weighted by Gasteiger charge is -2.62. The van der Waals surface area contributed by atoms with Crippen LogP contribution in [0.5, 0.6) is 0 Å². The maximum Gasteiger partial charge on any atom is 0.375 e. The summed E-state index contributed by atoms with van der Waals surface area (Å²) >= 11 is 0. The molecule has 4 rings (SSSR count). The summed E-state index contributed by atoms with van der Waals surface area (Å²) in [6.45, 7) is 3.07. The molecule has 0 bridgehead atoms. The average molecular weight is 408 g/mol. The Morgan fingerprint density at radius 3 is 2.45 bits per heavy atom. The number of Topliss-reactive ketones (excluding diaryl/α,β-unsaturated/α-hetero) is 1. The van der Waals surface area contributed by atoms with Crippen molar-refractivity contribution in [1.82, 2.24) is 0 Å². The highest BCUT2D eigenvalue weighted by atomic mass is 19.1. The van der Waals surface area contributed by atoms with Crippen LogP contribution in [0.15, 0.2) is 23.8 Å². The van der Waals surface area contributed by atoms with E-state index in [0.29, 0.717) is 12.0 Å². The van der Waals surface area contributed by atoms with Gasteiger partial charge in [-0.15, -0.1) is 0 Å². The van der Waals surface area contributed by atoms with Crippen molar-refractivity contribution >= 4 is 17.5 Å². The van der Waals surface area contributed by atoms with Crippen LogP contribution in [0.4, 0.5) is 4.39 Å². The maximum atomic E-state index is 16.8. The van der Waals surface area contributed by atoms with Crippen LogP contribution in [0.2, 0.25) is 0 Å². The van der Waals surface area contributed by atoms with Gasteiger partial charge in [0.1, 0.15) is 0 Å². The highest BCUT2D eigenvalue weighted by molar-refractivity contribution is 6.36. The summed E-state index contributed by atoms with van der Waals surface area (Å²) in [7, 11) is 0. The van der Waals surface area contributed by atoms with Gasteiger partial charge in [-0.05, 0) is 50.7 Å². The van der Waals surface area contributed by atoms with Gasteiger partial charge in [-0.3, -0.25) is 9.59 Å². The molecule has 8 atom stereocenters. The molecule has 7 nitrogen and oxygen atoms in total. The number of allylic oxidation sites excluding steroid dienone is 4. The molecule has 0 spiro atoms. The normalized spacial score (nSPS) is 51.0. The van der Waals surface area contributed by atoms with E-state index in [-0.39, 0.29) is 25.0 Å². The Kier molecular flexibility index (Phi) is 4.10. The Morgan fingerprint density at radius 2 is 1.83 bits per heavy atom. The number of aliphatic hydroxyl groups excluding tert-OH is 2. The van der Waals surface area contributed by atoms with Crippen LogP contribution in [0.3, 0.4) is 0 Å². The van der Waals surface area contributed by atoms with Crippen LogP contribution in [0.1, 0.15) is 39.5 Å². The Hall–Kier alpha value is -1.90. The van der Waals surface area contributed by atoms with Crippen molar-refractivity contribution in [2.75, 3.05) is 0 Å². The molecule has 0 aromatic rings. The third-order valence-corrected chi connectivity index (χ3v) is 8.40. The van der Waals surface area contributed by atoms with Gasteiger partial charge in [0.25, 0.3) is 5.78 Å². The number of fused-ring (bicyclic) bond motifs is 5. The molecular weight excluding hydrogens is 383 g/mol. The van der Waals surface area contributed by atoms with Crippen LogP contribution in [0, 0.1) is 22.7 Å². The molecule has 8 heteroatoms. The lowest BCUT2D eigenvalue weighted by atomic mass is 9.44. The highest BCUT2D eigenvalue weighted by Crippen LogP contribution is 2.69. The molecule has 0 aliphatic heterocycles. The fraction of sp³-hybridized carbons (Fsp3) is 0.667. The second-order valence-corrected chi connectivity index (χ2v) is 9.42. The van der Waals surface area contributed by atoms with Crippen molar-refractivity contribution in [2.45, 2.75) is 63.0 Å². The van der Waals surface area contributed by atoms with E-state index >= 15 is 4.39 Å². The van der Waals surface area contributed by atoms with Gasteiger partial charge in [0, 0.05) is 16.7 Å². The number of carbonyl (C=O) groups is 3. The van der Waals surface area contributed by atoms with Gasteiger partial charge in [-0.25, -0.2) is 9.18 Å². The number of carboxylic acid groups (broad SMARTS) is 1. The molecule has 0 radical (unpaired) electrons. The van der Waals surface area contributed by atoms with Crippen LogP contribution in [-0.2, 0) is 14.4 Å². The minimum atomic E-state index is -2.61. The fourth-order valence-electron chi connectivity index (χ4n) is 6.80. The molecule has 0 aromatic carbocycles. The summed E-state index contributed by atoms with van der Waals surface area (Å²) in [5.74, 6) is -5.22. The molecule has 0 amide bonds. The van der Waals surface area contributed by atoms with Crippen LogP contribution < -0.4 is 0 Å². The zero-order valence-electron chi connectivity index (χ0n) is 16.3. The predicted octanol–water partition coefficient (Wildman–Crippen LogP) is 0.713. The van der Waals surface area contributed by atoms with E-state index in [4.69, 9.17) is 0 Å². The largest absolute Gasteiger partial charge is 0.475 e. The molecule has 4 N–H and O–H groups in total. The van der Waals surface area contributed by atoms with E-state index < -0.39 is 57.9 Å². The highest BCUT2D eigenvalue weighted by Gasteiger charge is 2.76. The molecule has 4 aliphatic rings. The van der Waals surface area contributed by atoms with Crippen LogP contribution >= 0.6 is 0 Å². The summed E-state index contributed by atoms with van der Waals surface area (Å²) in [5, 5.41) is 41.8. The third-order valence-electron chi connectivity index (χ3n) is 8.40. The number of halogens is 1. The Bertz CT molecular complexity index is 880. The summed E-state index contributed by atoms with van der Waals surface area (Å²) in [4.78, 5) is 35.5. The quantitative estimate of drug-likeness (QED) is 0.495. The molecular formula is C21H25FO7. The Labute approximate surface area is 166 Å². The second-order valence-electron chi connectivity index (χ2n) is 9.42. The summed E-state index contributed by atoms with van der Waals surface area (Å²) in [6.07, 6.45) is 0.956. The van der Waals surface area contributed by atoms with Gasteiger partial charge in [-0.1, -0.05) is 18.6 Å². The van der Waals surface area contributed by atoms with Gasteiger partial charge in [0.05, 0.1) is 12.2 Å². The minimum absolute atomic E-state index is 0.146. The Balaban J connectivity index is 1.84. The van der Waals surface area contributed by atoms with Gasteiger partial charge in [-0.2, -0.15) is 0 Å². The topological polar surface area (TPSA) is 132 Å². The average Bonchev–Trinajstić information content (AvgIpc) is 2.84. The lowest BCUT2D eigenvalue weighted by molar-refractivity contribution is -0.222. The Morgan fingerprint density at radius 1 is 1.17 bits per heavy atom. The second kappa shape index (κ2) is 5.83. The molecule has 3 fully saturated rings. The van der Waals surface area contributed by atoms with E-state index in [1.807, 2.05) is 0 Å². The number of alkyl halides is 1. The summed E-state index contributed by atoms with van der Waals surface area (Å²) < 4.78 is 16.8. The number of aliphatic carboxylic acids is 1. The molecule has 4 aliphatic carbocycles. The van der Waals surface area contributed by atoms with Crippen molar-refractivity contribution in [3.63, 3.8) is 0 Å². The van der Waals surface area contributed by atoms with Crippen molar-refractivity contribution < 1.29 is 39.2 Å². The van der Waals surface area contributed by atoms with Gasteiger partial charge in [0.15, 0.2) is 17.1 Å². The zero-order valence-corrected chi connectivity index (χ0v) is 16.3. The van der Waals surface area contributed by atoms with Crippen LogP contribution in [0.25, 0.3) is 0 Å². The SMILES string of the molecule is C[C@]12C=CC(=O)C=C1CC[C@H]1[C@@H]3C[C@@H](O)[C@](O)(C(=O)C(=O)O)[C@@]3(C)C[C@H](O)C12F. The van der Waals surface area contributed by atoms with Crippen molar-refractivity contribution in [3.05, 3.63) is 23.8 Å². The first-order valence-electron chi connectivity index (χ1n) is 9.83. The molecule has 0 aromatic heterocycles. The number of rotatable bonds is 2. The van der Waals surface area contributed by atoms with E-state index in [9.17, 15) is 34.8 Å². The zero-order chi connectivity index (χ0) is 21.6. The van der Waals surface area contributed by atoms with Crippen molar-refractivity contribution in [1.29, 1.82) is 0 Å². The first-order valence-corrected chi connectivity index (χ1v) is 9.83. The molecule has 1 unspecified atom stereocenters. The molecule has 0 heterocycles. The predicted molar refractivity (Wildman–Crippen MR) is 97.3 cm³/mol. The third kappa shape index (κ3) is 2.14. The van der Waals surface area contributed by atoms with Gasteiger partial charge >= 0.3 is 5.97 Å². The maximum absolute atomic E-state index is 16.8. The number of carboxylic acids is 1.